The van der Waals surface area contributed by atoms with Crippen LogP contribution in [0.2, 0.25) is 0 Å². The number of amides is 2. The zero-order valence-corrected chi connectivity index (χ0v) is 11.6. The second-order valence-electron chi connectivity index (χ2n) is 4.50. The van der Waals surface area contributed by atoms with Gasteiger partial charge in [-0.25, -0.2) is 18.0 Å². The van der Waals surface area contributed by atoms with Crippen molar-refractivity contribution in [3.05, 3.63) is 0 Å². The van der Waals surface area contributed by atoms with Gasteiger partial charge in [-0.05, 0) is 6.42 Å². The molecule has 3 N–H and O–H groups in total. The topological polar surface area (TPSA) is 116 Å². The summed E-state index contributed by atoms with van der Waals surface area (Å²) < 4.78 is 22.0. The highest BCUT2D eigenvalue weighted by atomic mass is 32.2. The van der Waals surface area contributed by atoms with E-state index in [2.05, 4.69) is 10.6 Å². The maximum absolute atomic E-state index is 11.8. The number of hydrogen-bond donors (Lipinski definition) is 3. The molecule has 9 heteroatoms. The van der Waals surface area contributed by atoms with Crippen molar-refractivity contribution in [3.8, 4) is 0 Å². The third kappa shape index (κ3) is 5.88. The first-order valence-electron chi connectivity index (χ1n) is 5.96. The minimum absolute atomic E-state index is 0.133. The van der Waals surface area contributed by atoms with E-state index in [0.29, 0.717) is 26.2 Å². The van der Waals surface area contributed by atoms with Gasteiger partial charge in [0, 0.05) is 32.4 Å². The van der Waals surface area contributed by atoms with Crippen molar-refractivity contribution in [1.29, 1.82) is 0 Å². The summed E-state index contributed by atoms with van der Waals surface area (Å²) in [6, 6.07) is -1.65. The molecule has 0 aliphatic carbocycles. The van der Waals surface area contributed by atoms with Gasteiger partial charge >= 0.3 is 12.0 Å². The molecular formula is C10H19N3O5S. The van der Waals surface area contributed by atoms with E-state index >= 15 is 0 Å². The Bertz CT molecular complexity index is 430. The van der Waals surface area contributed by atoms with E-state index in [9.17, 15) is 18.0 Å². The lowest BCUT2D eigenvalue weighted by atomic mass is 10.2. The highest BCUT2D eigenvalue weighted by molar-refractivity contribution is 7.90. The number of rotatable bonds is 5. The Balaban J connectivity index is 2.52. The first-order chi connectivity index (χ1) is 8.79. The lowest BCUT2D eigenvalue weighted by Gasteiger charge is -2.28. The predicted octanol–water partition coefficient (Wildman–Crippen LogP) is -1.51. The zero-order valence-electron chi connectivity index (χ0n) is 10.8. The maximum atomic E-state index is 11.8. The molecule has 1 unspecified atom stereocenters. The predicted molar refractivity (Wildman–Crippen MR) is 68.7 cm³/mol. The number of nitrogens with zero attached hydrogens (tertiary/aromatic N) is 1. The number of nitrogens with one attached hydrogen (secondary N) is 2. The molecule has 0 aromatic carbocycles. The number of urea groups is 1. The Morgan fingerprint density at radius 2 is 1.95 bits per heavy atom. The second kappa shape index (κ2) is 6.71. The molecule has 19 heavy (non-hydrogen) atoms. The van der Waals surface area contributed by atoms with Crippen LogP contribution in [-0.4, -0.2) is 74.7 Å². The summed E-state index contributed by atoms with van der Waals surface area (Å²) in [5, 5.41) is 14.4. The van der Waals surface area contributed by atoms with Gasteiger partial charge in [0.2, 0.25) is 0 Å². The molecule has 1 rings (SSSR count). The number of sulfone groups is 1. The minimum Gasteiger partial charge on any atom is -0.480 e. The summed E-state index contributed by atoms with van der Waals surface area (Å²) in [6.07, 6.45) is 0.899. The quantitative estimate of drug-likeness (QED) is 0.567. The molecule has 0 bridgehead atoms. The van der Waals surface area contributed by atoms with Crippen LogP contribution in [0.5, 0.6) is 0 Å². The number of carboxylic acid groups (broad SMARTS) is 1. The fourth-order valence-corrected chi connectivity index (χ4v) is 2.36. The maximum Gasteiger partial charge on any atom is 0.326 e. The molecule has 0 aromatic heterocycles. The third-order valence-corrected chi connectivity index (χ3v) is 3.75. The van der Waals surface area contributed by atoms with E-state index in [4.69, 9.17) is 5.11 Å². The molecule has 2 amide bonds. The average molecular weight is 293 g/mol. The molecule has 110 valence electrons. The molecule has 8 nitrogen and oxygen atoms in total. The molecule has 1 heterocycles. The van der Waals surface area contributed by atoms with Crippen LogP contribution in [-0.2, 0) is 14.6 Å². The van der Waals surface area contributed by atoms with Crippen LogP contribution in [0.25, 0.3) is 0 Å². The summed E-state index contributed by atoms with van der Waals surface area (Å²) in [4.78, 5) is 24.3. The van der Waals surface area contributed by atoms with E-state index < -0.39 is 27.9 Å². The van der Waals surface area contributed by atoms with Crippen LogP contribution in [0.4, 0.5) is 4.79 Å². The SMILES string of the molecule is CS(=O)(=O)CCC(NC(=O)N1CCNCC1)C(=O)O. The standard InChI is InChI=1S/C10H19N3O5S/c1-19(17,18)7-2-8(9(14)15)12-10(16)13-5-3-11-4-6-13/h8,11H,2-7H2,1H3,(H,12,16)(H,14,15). The Morgan fingerprint density at radius 3 is 2.42 bits per heavy atom. The number of piperazine rings is 1. The van der Waals surface area contributed by atoms with Crippen molar-refractivity contribution in [2.45, 2.75) is 12.5 Å². The number of carbonyl (C=O) groups is 2. The lowest BCUT2D eigenvalue weighted by Crippen LogP contribution is -2.53. The van der Waals surface area contributed by atoms with Crippen molar-refractivity contribution >= 4 is 21.8 Å². The molecule has 1 saturated heterocycles. The van der Waals surface area contributed by atoms with Crippen LogP contribution in [0.1, 0.15) is 6.42 Å². The molecule has 1 atom stereocenters. The van der Waals surface area contributed by atoms with E-state index in [1.165, 1.54) is 4.90 Å². The van der Waals surface area contributed by atoms with Gasteiger partial charge in [-0.1, -0.05) is 0 Å². The first-order valence-corrected chi connectivity index (χ1v) is 8.02. The number of aliphatic carboxylic acids is 1. The number of carbonyl (C=O) groups excluding carboxylic acids is 1. The normalized spacial score (nSPS) is 17.8. The highest BCUT2D eigenvalue weighted by Gasteiger charge is 2.24. The largest absolute Gasteiger partial charge is 0.480 e. The summed E-state index contributed by atoms with van der Waals surface area (Å²) in [7, 11) is -3.25. The van der Waals surface area contributed by atoms with Gasteiger partial charge in [-0.2, -0.15) is 0 Å². The molecule has 1 aliphatic heterocycles. The van der Waals surface area contributed by atoms with Crippen molar-refractivity contribution in [1.82, 2.24) is 15.5 Å². The first kappa shape index (κ1) is 15.7. The van der Waals surface area contributed by atoms with Crippen LogP contribution < -0.4 is 10.6 Å². The molecule has 0 saturated carbocycles. The van der Waals surface area contributed by atoms with Crippen LogP contribution in [0.15, 0.2) is 0 Å². The molecule has 1 fully saturated rings. The molecular weight excluding hydrogens is 274 g/mol. The average Bonchev–Trinajstić information content (AvgIpc) is 2.33. The summed E-state index contributed by atoms with van der Waals surface area (Å²) in [6.45, 7) is 2.33. The van der Waals surface area contributed by atoms with Gasteiger partial charge in [-0.15, -0.1) is 0 Å². The van der Waals surface area contributed by atoms with Crippen molar-refractivity contribution < 1.29 is 23.1 Å². The minimum atomic E-state index is -3.25. The Labute approximate surface area is 112 Å². The fourth-order valence-electron chi connectivity index (χ4n) is 1.70. The van der Waals surface area contributed by atoms with Gasteiger partial charge in [0.05, 0.1) is 5.75 Å². The van der Waals surface area contributed by atoms with Crippen molar-refractivity contribution in [3.63, 3.8) is 0 Å². The summed E-state index contributed by atoms with van der Waals surface area (Å²) in [5.74, 6) is -1.50. The Kier molecular flexibility index (Phi) is 5.55. The van der Waals surface area contributed by atoms with E-state index in [0.717, 1.165) is 6.26 Å². The third-order valence-electron chi connectivity index (χ3n) is 2.78. The lowest BCUT2D eigenvalue weighted by molar-refractivity contribution is -0.139. The van der Waals surface area contributed by atoms with Gasteiger partial charge < -0.3 is 20.6 Å². The molecule has 0 radical (unpaired) electrons. The monoisotopic (exact) mass is 293 g/mol. The van der Waals surface area contributed by atoms with E-state index in [-0.39, 0.29) is 12.2 Å². The van der Waals surface area contributed by atoms with Crippen molar-refractivity contribution in [2.24, 2.45) is 0 Å². The van der Waals surface area contributed by atoms with E-state index in [1.54, 1.807) is 0 Å². The molecule has 0 spiro atoms. The number of hydrogen-bond acceptors (Lipinski definition) is 5. The van der Waals surface area contributed by atoms with Crippen molar-refractivity contribution in [2.75, 3.05) is 38.2 Å². The summed E-state index contributed by atoms with van der Waals surface area (Å²) >= 11 is 0. The zero-order chi connectivity index (χ0) is 14.5. The van der Waals surface area contributed by atoms with Gasteiger partial charge in [0.25, 0.3) is 0 Å². The smallest absolute Gasteiger partial charge is 0.326 e. The summed E-state index contributed by atoms with van der Waals surface area (Å²) in [5.41, 5.74) is 0. The van der Waals surface area contributed by atoms with E-state index in [1.807, 2.05) is 0 Å². The molecule has 0 aromatic rings. The Morgan fingerprint density at radius 1 is 1.37 bits per heavy atom. The van der Waals surface area contributed by atoms with Gasteiger partial charge in [0.15, 0.2) is 0 Å². The van der Waals surface area contributed by atoms with Gasteiger partial charge in [0.1, 0.15) is 15.9 Å². The van der Waals surface area contributed by atoms with Crippen LogP contribution >= 0.6 is 0 Å². The van der Waals surface area contributed by atoms with Gasteiger partial charge in [-0.3, -0.25) is 0 Å². The highest BCUT2D eigenvalue weighted by Crippen LogP contribution is 2.00. The second-order valence-corrected chi connectivity index (χ2v) is 6.76. The fraction of sp³-hybridized carbons (Fsp3) is 0.800. The number of carboxylic acids is 1. The Hall–Kier alpha value is -1.35. The molecule has 1 aliphatic rings. The van der Waals surface area contributed by atoms with Crippen LogP contribution in [0, 0.1) is 0 Å². The van der Waals surface area contributed by atoms with Crippen LogP contribution in [0.3, 0.4) is 0 Å².